The molecule has 6 heteroatoms. The summed E-state index contributed by atoms with van der Waals surface area (Å²) in [6.07, 6.45) is 0.761. The van der Waals surface area contributed by atoms with Gasteiger partial charge in [-0.3, -0.25) is 0 Å². The quantitative estimate of drug-likeness (QED) is 0.758. The van der Waals surface area contributed by atoms with Crippen LogP contribution in [-0.2, 0) is 0 Å². The van der Waals surface area contributed by atoms with Gasteiger partial charge in [-0.2, -0.15) is 4.98 Å². The van der Waals surface area contributed by atoms with Crippen LogP contribution in [0.1, 0.15) is 20.3 Å². The van der Waals surface area contributed by atoms with Crippen molar-refractivity contribution in [1.29, 1.82) is 0 Å². The molecule has 0 aliphatic carbocycles. The summed E-state index contributed by atoms with van der Waals surface area (Å²) >= 11 is 1.60. The number of anilines is 2. The monoisotopic (exact) mass is 280 g/mol. The van der Waals surface area contributed by atoms with Crippen LogP contribution in [0.25, 0.3) is 10.2 Å². The topological polar surface area (TPSA) is 70.1 Å². The summed E-state index contributed by atoms with van der Waals surface area (Å²) in [5.74, 6) is 1.47. The van der Waals surface area contributed by atoms with E-state index >= 15 is 0 Å². The van der Waals surface area contributed by atoms with Crippen molar-refractivity contribution in [3.63, 3.8) is 0 Å². The first-order valence-corrected chi connectivity index (χ1v) is 7.21. The van der Waals surface area contributed by atoms with Gasteiger partial charge in [0.25, 0.3) is 0 Å². The summed E-state index contributed by atoms with van der Waals surface area (Å²) in [5, 5.41) is 18.5. The Bertz CT molecular complexity index is 553. The van der Waals surface area contributed by atoms with Crippen LogP contribution in [0.2, 0.25) is 0 Å². The fourth-order valence-electron chi connectivity index (χ4n) is 1.82. The van der Waals surface area contributed by atoms with Crippen LogP contribution in [0.5, 0.6) is 0 Å². The van der Waals surface area contributed by atoms with Gasteiger partial charge in [0.15, 0.2) is 0 Å². The maximum atomic E-state index is 9.06. The molecule has 0 bridgehead atoms. The molecule has 0 radical (unpaired) electrons. The van der Waals surface area contributed by atoms with E-state index in [1.165, 1.54) is 0 Å². The molecular formula is C13H20N4OS. The Kier molecular flexibility index (Phi) is 4.21. The van der Waals surface area contributed by atoms with E-state index in [2.05, 4.69) is 34.4 Å². The Morgan fingerprint density at radius 1 is 1.37 bits per heavy atom. The molecule has 0 aliphatic rings. The molecule has 2 heterocycles. The van der Waals surface area contributed by atoms with Crippen molar-refractivity contribution in [2.45, 2.75) is 20.3 Å². The van der Waals surface area contributed by atoms with Crippen LogP contribution in [0.4, 0.5) is 11.8 Å². The van der Waals surface area contributed by atoms with E-state index in [0.717, 1.165) is 29.0 Å². The summed E-state index contributed by atoms with van der Waals surface area (Å²) < 4.78 is 0. The Hall–Kier alpha value is -1.40. The molecule has 0 saturated heterocycles. The third-order valence-corrected chi connectivity index (χ3v) is 3.88. The summed E-state index contributed by atoms with van der Waals surface area (Å²) in [5.41, 5.74) is 0.0296. The number of nitrogens with zero attached hydrogens (tertiary/aromatic N) is 2. The molecule has 0 unspecified atom stereocenters. The average molecular weight is 280 g/mol. The normalized spacial score (nSPS) is 11.8. The van der Waals surface area contributed by atoms with Crippen molar-refractivity contribution < 1.29 is 5.11 Å². The minimum atomic E-state index is 0.0296. The maximum absolute atomic E-state index is 9.06. The molecule has 2 aromatic heterocycles. The number of rotatable bonds is 6. The molecule has 2 rings (SSSR count). The Morgan fingerprint density at radius 3 is 2.84 bits per heavy atom. The van der Waals surface area contributed by atoms with Gasteiger partial charge in [-0.25, -0.2) is 4.98 Å². The lowest BCUT2D eigenvalue weighted by Gasteiger charge is -2.24. The Labute approximate surface area is 117 Å². The lowest BCUT2D eigenvalue weighted by Crippen LogP contribution is -2.24. The van der Waals surface area contributed by atoms with Gasteiger partial charge < -0.3 is 15.7 Å². The Morgan fingerprint density at radius 2 is 2.16 bits per heavy atom. The predicted molar refractivity (Wildman–Crippen MR) is 80.9 cm³/mol. The lowest BCUT2D eigenvalue weighted by atomic mass is 9.90. The number of hydrogen-bond acceptors (Lipinski definition) is 6. The number of aromatic nitrogens is 2. The number of aliphatic hydroxyl groups is 1. The van der Waals surface area contributed by atoms with Crippen LogP contribution in [0.15, 0.2) is 11.4 Å². The zero-order chi connectivity index (χ0) is 13.9. The fraction of sp³-hybridized carbons (Fsp3) is 0.538. The highest BCUT2D eigenvalue weighted by molar-refractivity contribution is 7.16. The van der Waals surface area contributed by atoms with Gasteiger partial charge in [-0.1, -0.05) is 13.8 Å². The molecule has 0 amide bonds. The standard InChI is InChI=1S/C13H20N4OS/c1-13(2,5-6-18)8-15-10-9-4-7-19-11(9)17-12(14-3)16-10/h4,7,18H,5-6,8H2,1-3H3,(H2,14,15,16,17). The van der Waals surface area contributed by atoms with Crippen LogP contribution in [0, 0.1) is 5.41 Å². The van der Waals surface area contributed by atoms with Crippen LogP contribution < -0.4 is 10.6 Å². The van der Waals surface area contributed by atoms with Gasteiger partial charge in [0.2, 0.25) is 5.95 Å². The van der Waals surface area contributed by atoms with Crippen molar-refractivity contribution in [2.75, 3.05) is 30.8 Å². The van der Waals surface area contributed by atoms with Gasteiger partial charge in [0.05, 0.1) is 5.39 Å². The second-order valence-corrected chi connectivity index (χ2v) is 6.17. The minimum Gasteiger partial charge on any atom is -0.396 e. The average Bonchev–Trinajstić information content (AvgIpc) is 2.83. The van der Waals surface area contributed by atoms with Gasteiger partial charge >= 0.3 is 0 Å². The van der Waals surface area contributed by atoms with Gasteiger partial charge in [0, 0.05) is 20.2 Å². The highest BCUT2D eigenvalue weighted by Crippen LogP contribution is 2.28. The van der Waals surface area contributed by atoms with Crippen molar-refractivity contribution in [1.82, 2.24) is 9.97 Å². The Balaban J connectivity index is 2.22. The third kappa shape index (κ3) is 3.33. The molecule has 19 heavy (non-hydrogen) atoms. The minimum absolute atomic E-state index is 0.0296. The van der Waals surface area contributed by atoms with E-state index in [1.807, 2.05) is 18.5 Å². The van der Waals surface area contributed by atoms with E-state index in [0.29, 0.717) is 5.95 Å². The van der Waals surface area contributed by atoms with Crippen LogP contribution in [-0.4, -0.2) is 35.3 Å². The molecule has 3 N–H and O–H groups in total. The van der Waals surface area contributed by atoms with E-state index in [-0.39, 0.29) is 12.0 Å². The summed E-state index contributed by atoms with van der Waals surface area (Å²) in [7, 11) is 1.81. The van der Waals surface area contributed by atoms with E-state index in [9.17, 15) is 0 Å². The van der Waals surface area contributed by atoms with Crippen molar-refractivity contribution in [3.8, 4) is 0 Å². The van der Waals surface area contributed by atoms with Crippen molar-refractivity contribution in [2.24, 2.45) is 5.41 Å². The molecule has 0 atom stereocenters. The summed E-state index contributed by atoms with van der Waals surface area (Å²) in [4.78, 5) is 9.85. The largest absolute Gasteiger partial charge is 0.396 e. The summed E-state index contributed by atoms with van der Waals surface area (Å²) in [6.45, 7) is 5.22. The number of thiophene rings is 1. The lowest BCUT2D eigenvalue weighted by molar-refractivity contribution is 0.220. The van der Waals surface area contributed by atoms with Crippen LogP contribution >= 0.6 is 11.3 Å². The van der Waals surface area contributed by atoms with Crippen molar-refractivity contribution >= 4 is 33.3 Å². The highest BCUT2D eigenvalue weighted by atomic mass is 32.1. The number of aliphatic hydroxyl groups excluding tert-OH is 1. The SMILES string of the molecule is CNc1nc(NCC(C)(C)CCO)c2ccsc2n1. The highest BCUT2D eigenvalue weighted by Gasteiger charge is 2.18. The predicted octanol–water partition coefficient (Wildman–Crippen LogP) is 2.55. The molecule has 0 aliphatic heterocycles. The molecule has 0 saturated carbocycles. The molecule has 104 valence electrons. The van der Waals surface area contributed by atoms with E-state index < -0.39 is 0 Å². The number of fused-ring (bicyclic) bond motifs is 1. The fourth-order valence-corrected chi connectivity index (χ4v) is 2.58. The smallest absolute Gasteiger partial charge is 0.225 e. The second kappa shape index (κ2) is 5.71. The summed E-state index contributed by atoms with van der Waals surface area (Å²) in [6, 6.07) is 2.03. The number of nitrogens with one attached hydrogen (secondary N) is 2. The molecule has 0 fully saturated rings. The van der Waals surface area contributed by atoms with Gasteiger partial charge in [0.1, 0.15) is 10.6 Å². The maximum Gasteiger partial charge on any atom is 0.225 e. The molecule has 0 spiro atoms. The zero-order valence-corrected chi connectivity index (χ0v) is 12.3. The van der Waals surface area contributed by atoms with Crippen LogP contribution in [0.3, 0.4) is 0 Å². The zero-order valence-electron chi connectivity index (χ0n) is 11.5. The molecular weight excluding hydrogens is 260 g/mol. The van der Waals surface area contributed by atoms with Crippen molar-refractivity contribution in [3.05, 3.63) is 11.4 Å². The first-order chi connectivity index (χ1) is 9.05. The molecule has 2 aromatic rings. The number of hydrogen-bond donors (Lipinski definition) is 3. The van der Waals surface area contributed by atoms with Gasteiger partial charge in [-0.05, 0) is 23.3 Å². The molecule has 0 aromatic carbocycles. The third-order valence-electron chi connectivity index (χ3n) is 3.07. The van der Waals surface area contributed by atoms with Gasteiger partial charge in [-0.15, -0.1) is 11.3 Å². The first kappa shape index (κ1) is 14.0. The van der Waals surface area contributed by atoms with E-state index in [1.54, 1.807) is 11.3 Å². The molecule has 5 nitrogen and oxygen atoms in total. The first-order valence-electron chi connectivity index (χ1n) is 6.33. The second-order valence-electron chi connectivity index (χ2n) is 5.28. The van der Waals surface area contributed by atoms with E-state index in [4.69, 9.17) is 5.11 Å².